The molecule has 1 aliphatic heterocycles. The number of carbonyl (C=O) groups is 1. The second-order valence-electron chi connectivity index (χ2n) is 12.5. The first-order chi connectivity index (χ1) is 24.8. The molecule has 5 aromatic carbocycles. The number of ether oxygens (including phenoxy) is 2. The molecule has 262 valence electrons. The zero-order chi connectivity index (χ0) is 35.7. The number of aliphatic imine (C=N–C) groups is 1. The molecular formula is C41H41N3O6S. The van der Waals surface area contributed by atoms with Crippen LogP contribution in [0, 0.1) is 6.92 Å². The standard InChI is InChI=1S/C41H41N3O6S/c1-30-10-8-11-31(28-30)29-42-44-40(46)41(24-27-51(47,48)37-14-6-3-7-15-37)38(34-18-16-33(17-19-34)32-12-4-2-5-13-32)50-39(43-41)35-20-22-36(23-21-35)49-26-9-25-45/h2-8,10-23,28,38,42,45H,9,24-27,29H2,1H3,(H,44,46)/t38-,41-/m0/s1. The highest BCUT2D eigenvalue weighted by molar-refractivity contribution is 7.91. The molecule has 1 amide bonds. The zero-order valence-electron chi connectivity index (χ0n) is 28.4. The van der Waals surface area contributed by atoms with Gasteiger partial charge in [-0.05, 0) is 65.6 Å². The van der Waals surface area contributed by atoms with Gasteiger partial charge < -0.3 is 14.6 Å². The van der Waals surface area contributed by atoms with E-state index >= 15 is 0 Å². The summed E-state index contributed by atoms with van der Waals surface area (Å²) >= 11 is 0. The maximum Gasteiger partial charge on any atom is 0.266 e. The number of benzene rings is 5. The van der Waals surface area contributed by atoms with Gasteiger partial charge in [-0.2, -0.15) is 0 Å². The quantitative estimate of drug-likeness (QED) is 0.0856. The van der Waals surface area contributed by atoms with Crippen LogP contribution in [0.4, 0.5) is 0 Å². The largest absolute Gasteiger partial charge is 0.494 e. The SMILES string of the molecule is Cc1cccc(CNNC(=O)[C@@]2(CCS(=O)(=O)c3ccccc3)N=C(c3ccc(OCCCO)cc3)O[C@H]2c2ccc(-c3ccccc3)cc2)c1. The highest BCUT2D eigenvalue weighted by atomic mass is 32.2. The molecule has 1 heterocycles. The van der Waals surface area contributed by atoms with Gasteiger partial charge in [-0.15, -0.1) is 0 Å². The lowest BCUT2D eigenvalue weighted by Gasteiger charge is -2.30. The Bertz CT molecular complexity index is 2050. The van der Waals surface area contributed by atoms with E-state index in [1.807, 2.05) is 85.8 Å². The second-order valence-corrected chi connectivity index (χ2v) is 14.6. The monoisotopic (exact) mass is 703 g/mol. The molecule has 6 rings (SSSR count). The Labute approximate surface area is 298 Å². The number of hydrogen-bond acceptors (Lipinski definition) is 8. The average Bonchev–Trinajstić information content (AvgIpc) is 3.56. The lowest BCUT2D eigenvalue weighted by atomic mass is 9.84. The van der Waals surface area contributed by atoms with Crippen LogP contribution in [0.5, 0.6) is 5.75 Å². The molecule has 0 unspecified atom stereocenters. The minimum Gasteiger partial charge on any atom is -0.494 e. The molecule has 1 aliphatic rings. The fourth-order valence-corrected chi connectivity index (χ4v) is 7.43. The van der Waals surface area contributed by atoms with Gasteiger partial charge in [0, 0.05) is 31.6 Å². The third kappa shape index (κ3) is 8.54. The fraction of sp³-hybridized carbons (Fsp3) is 0.220. The maximum absolute atomic E-state index is 14.5. The van der Waals surface area contributed by atoms with Crippen LogP contribution in [0.25, 0.3) is 11.1 Å². The molecule has 0 aromatic heterocycles. The van der Waals surface area contributed by atoms with E-state index in [2.05, 4.69) is 10.9 Å². The maximum atomic E-state index is 14.5. The van der Waals surface area contributed by atoms with Crippen LogP contribution in [0.3, 0.4) is 0 Å². The number of hydrogen-bond donors (Lipinski definition) is 3. The van der Waals surface area contributed by atoms with E-state index in [4.69, 9.17) is 19.6 Å². The average molecular weight is 704 g/mol. The molecule has 3 N–H and O–H groups in total. The van der Waals surface area contributed by atoms with Crippen molar-refractivity contribution in [3.8, 4) is 16.9 Å². The van der Waals surface area contributed by atoms with Crippen LogP contribution in [0.2, 0.25) is 0 Å². The number of aliphatic hydroxyl groups is 1. The Morgan fingerprint density at radius 2 is 1.51 bits per heavy atom. The number of nitrogens with zero attached hydrogens (tertiary/aromatic N) is 1. The molecule has 51 heavy (non-hydrogen) atoms. The van der Waals surface area contributed by atoms with Gasteiger partial charge >= 0.3 is 0 Å². The summed E-state index contributed by atoms with van der Waals surface area (Å²) in [5, 5.41) is 9.11. The molecule has 0 aliphatic carbocycles. The van der Waals surface area contributed by atoms with Crippen molar-refractivity contribution < 1.29 is 27.8 Å². The van der Waals surface area contributed by atoms with E-state index in [0.717, 1.165) is 22.3 Å². The van der Waals surface area contributed by atoms with Crippen molar-refractivity contribution in [3.05, 3.63) is 156 Å². The topological polar surface area (TPSA) is 126 Å². The number of nitrogens with one attached hydrogen (secondary N) is 2. The Morgan fingerprint density at radius 3 is 2.20 bits per heavy atom. The van der Waals surface area contributed by atoms with Crippen LogP contribution in [-0.4, -0.2) is 49.8 Å². The van der Waals surface area contributed by atoms with Crippen molar-refractivity contribution in [2.24, 2.45) is 4.99 Å². The first-order valence-electron chi connectivity index (χ1n) is 16.9. The summed E-state index contributed by atoms with van der Waals surface area (Å²) in [7, 11) is -3.79. The van der Waals surface area contributed by atoms with E-state index in [-0.39, 0.29) is 29.6 Å². The number of rotatable bonds is 15. The molecule has 10 heteroatoms. The molecule has 5 aromatic rings. The van der Waals surface area contributed by atoms with Crippen LogP contribution in [-0.2, 0) is 25.9 Å². The normalized spacial score (nSPS) is 17.0. The van der Waals surface area contributed by atoms with Gasteiger partial charge in [0.1, 0.15) is 5.75 Å². The molecule has 0 bridgehead atoms. The van der Waals surface area contributed by atoms with E-state index in [0.29, 0.717) is 36.4 Å². The second kappa shape index (κ2) is 16.2. The van der Waals surface area contributed by atoms with E-state index in [1.165, 1.54) is 0 Å². The number of sulfone groups is 1. The molecule has 0 spiro atoms. The summed E-state index contributed by atoms with van der Waals surface area (Å²) in [6, 6.07) is 40.9. The molecular weight excluding hydrogens is 663 g/mol. The van der Waals surface area contributed by atoms with Crippen molar-refractivity contribution >= 4 is 21.6 Å². The minimum absolute atomic E-state index is 0.0282. The van der Waals surface area contributed by atoms with Crippen molar-refractivity contribution in [1.29, 1.82) is 0 Å². The van der Waals surface area contributed by atoms with Gasteiger partial charge in [0.15, 0.2) is 21.5 Å². The van der Waals surface area contributed by atoms with Gasteiger partial charge in [0.2, 0.25) is 5.90 Å². The number of aryl methyl sites for hydroxylation is 1. The van der Waals surface area contributed by atoms with Gasteiger partial charge in [0.05, 0.1) is 17.3 Å². The lowest BCUT2D eigenvalue weighted by Crippen LogP contribution is -2.53. The smallest absolute Gasteiger partial charge is 0.266 e. The summed E-state index contributed by atoms with van der Waals surface area (Å²) in [6.07, 6.45) is -0.604. The van der Waals surface area contributed by atoms with Gasteiger partial charge in [-0.25, -0.2) is 18.8 Å². The summed E-state index contributed by atoms with van der Waals surface area (Å²) in [5.74, 6) is -0.0507. The predicted molar refractivity (Wildman–Crippen MR) is 198 cm³/mol. The van der Waals surface area contributed by atoms with Crippen LogP contribution < -0.4 is 15.6 Å². The van der Waals surface area contributed by atoms with Gasteiger partial charge in [-0.3, -0.25) is 10.2 Å². The molecule has 9 nitrogen and oxygen atoms in total. The lowest BCUT2D eigenvalue weighted by molar-refractivity contribution is -0.130. The highest BCUT2D eigenvalue weighted by Gasteiger charge is 2.53. The fourth-order valence-electron chi connectivity index (χ4n) is 6.04. The van der Waals surface area contributed by atoms with Crippen molar-refractivity contribution in [2.45, 2.75) is 42.8 Å². The minimum atomic E-state index is -3.79. The number of amides is 1. The van der Waals surface area contributed by atoms with E-state index in [9.17, 15) is 13.2 Å². The summed E-state index contributed by atoms with van der Waals surface area (Å²) in [4.78, 5) is 19.7. The molecule has 0 radical (unpaired) electrons. The molecule has 0 fully saturated rings. The molecule has 0 saturated heterocycles. The Balaban J connectivity index is 1.38. The number of hydrazine groups is 1. The Hall–Kier alpha value is -5.29. The Morgan fingerprint density at radius 1 is 0.843 bits per heavy atom. The summed E-state index contributed by atoms with van der Waals surface area (Å²) in [6.45, 7) is 2.73. The van der Waals surface area contributed by atoms with Crippen LogP contribution in [0.15, 0.2) is 143 Å². The summed E-state index contributed by atoms with van der Waals surface area (Å²) < 4.78 is 39.6. The van der Waals surface area contributed by atoms with Crippen LogP contribution >= 0.6 is 0 Å². The third-order valence-corrected chi connectivity index (χ3v) is 10.5. The predicted octanol–water partition coefficient (Wildman–Crippen LogP) is 6.37. The first kappa shape index (κ1) is 35.5. The third-order valence-electron chi connectivity index (χ3n) is 8.78. The number of aliphatic hydroxyl groups excluding tert-OH is 1. The van der Waals surface area contributed by atoms with Crippen molar-refractivity contribution in [3.63, 3.8) is 0 Å². The summed E-state index contributed by atoms with van der Waals surface area (Å²) in [5.41, 5.74) is 9.57. The van der Waals surface area contributed by atoms with E-state index < -0.39 is 27.4 Å². The van der Waals surface area contributed by atoms with Gasteiger partial charge in [0.25, 0.3) is 5.91 Å². The van der Waals surface area contributed by atoms with Crippen LogP contribution in [0.1, 0.15) is 41.2 Å². The van der Waals surface area contributed by atoms with Crippen molar-refractivity contribution in [1.82, 2.24) is 10.9 Å². The first-order valence-corrected chi connectivity index (χ1v) is 18.6. The van der Waals surface area contributed by atoms with E-state index in [1.54, 1.807) is 54.6 Å². The van der Waals surface area contributed by atoms with Crippen molar-refractivity contribution in [2.75, 3.05) is 19.0 Å². The Kier molecular flexibility index (Phi) is 11.3. The molecule has 2 atom stereocenters. The van der Waals surface area contributed by atoms with Gasteiger partial charge in [-0.1, -0.05) is 103 Å². The molecule has 0 saturated carbocycles. The zero-order valence-corrected chi connectivity index (χ0v) is 29.2. The highest BCUT2D eigenvalue weighted by Crippen LogP contribution is 2.43. The number of carbonyl (C=O) groups excluding carboxylic acids is 1.